The number of carbonyl (C=O) groups excluding carboxylic acids is 1. The predicted octanol–water partition coefficient (Wildman–Crippen LogP) is 2.46. The van der Waals surface area contributed by atoms with Crippen LogP contribution in [0.4, 0.5) is 0 Å². The van der Waals surface area contributed by atoms with Crippen LogP contribution >= 0.6 is 0 Å². The van der Waals surface area contributed by atoms with E-state index in [0.29, 0.717) is 6.54 Å². The molecule has 2 aromatic heterocycles. The fourth-order valence-corrected chi connectivity index (χ4v) is 3.59. The summed E-state index contributed by atoms with van der Waals surface area (Å²) in [5, 5.41) is 9.87. The van der Waals surface area contributed by atoms with Crippen LogP contribution in [0.15, 0.2) is 53.7 Å². The van der Waals surface area contributed by atoms with Gasteiger partial charge in [0.2, 0.25) is 11.5 Å². The summed E-state index contributed by atoms with van der Waals surface area (Å²) in [5.74, 6) is 0.763. The summed E-state index contributed by atoms with van der Waals surface area (Å²) in [4.78, 5) is 39.9. The lowest BCUT2D eigenvalue weighted by Crippen LogP contribution is -2.30. The third kappa shape index (κ3) is 5.00. The molecule has 9 nitrogen and oxygen atoms in total. The van der Waals surface area contributed by atoms with Gasteiger partial charge in [-0.15, -0.1) is 0 Å². The van der Waals surface area contributed by atoms with Crippen molar-refractivity contribution in [2.75, 3.05) is 13.7 Å². The van der Waals surface area contributed by atoms with Gasteiger partial charge in [0.05, 0.1) is 24.8 Å². The first kappa shape index (κ1) is 21.8. The second-order valence-corrected chi connectivity index (χ2v) is 6.93. The van der Waals surface area contributed by atoms with E-state index >= 15 is 0 Å². The van der Waals surface area contributed by atoms with Crippen LogP contribution in [0.5, 0.6) is 5.75 Å². The number of nitrogens with one attached hydrogen (secondary N) is 2. The molecule has 1 aromatic carbocycles. The van der Waals surface area contributed by atoms with Crippen LogP contribution in [0.1, 0.15) is 25.3 Å². The van der Waals surface area contributed by atoms with Crippen molar-refractivity contribution < 1.29 is 19.4 Å². The third-order valence-electron chi connectivity index (χ3n) is 5.06. The van der Waals surface area contributed by atoms with E-state index in [1.54, 1.807) is 25.7 Å². The zero-order valence-corrected chi connectivity index (χ0v) is 17.1. The highest BCUT2D eigenvalue weighted by atomic mass is 16.5. The summed E-state index contributed by atoms with van der Waals surface area (Å²) in [7, 11) is 1.63. The lowest BCUT2D eigenvalue weighted by atomic mass is 10.0. The number of hydrogen-bond donors (Lipinski definition) is 3. The summed E-state index contributed by atoms with van der Waals surface area (Å²) in [5.41, 5.74) is 3.11. The topological polar surface area (TPSA) is 126 Å². The highest BCUT2D eigenvalue weighted by Gasteiger charge is 2.27. The third-order valence-corrected chi connectivity index (χ3v) is 5.06. The Morgan fingerprint density at radius 2 is 1.84 bits per heavy atom. The molecular weight excluding hydrogens is 400 g/mol. The summed E-state index contributed by atoms with van der Waals surface area (Å²) in [6, 6.07) is 10.5. The lowest BCUT2D eigenvalue weighted by molar-refractivity contribution is -0.124. The molecule has 1 aliphatic heterocycles. The molecule has 31 heavy (non-hydrogen) atoms. The molecule has 3 aromatic rings. The fourth-order valence-electron chi connectivity index (χ4n) is 3.59. The van der Waals surface area contributed by atoms with Crippen molar-refractivity contribution >= 4 is 12.4 Å². The van der Waals surface area contributed by atoms with Gasteiger partial charge in [0.15, 0.2) is 0 Å². The Morgan fingerprint density at radius 3 is 2.48 bits per heavy atom. The summed E-state index contributed by atoms with van der Waals surface area (Å²) in [6.45, 7) is 0.448. The minimum Gasteiger partial charge on any atom is -0.497 e. The maximum atomic E-state index is 12.6. The Hall–Kier alpha value is -3.88. The molecule has 9 heteroatoms. The van der Waals surface area contributed by atoms with Crippen molar-refractivity contribution in [1.29, 1.82) is 0 Å². The van der Waals surface area contributed by atoms with Crippen LogP contribution in [-0.2, 0) is 9.59 Å². The zero-order chi connectivity index (χ0) is 22.2. The van der Waals surface area contributed by atoms with E-state index in [1.165, 1.54) is 6.07 Å². The Bertz CT molecular complexity index is 1070. The summed E-state index contributed by atoms with van der Waals surface area (Å²) in [6.07, 6.45) is 6.06. The summed E-state index contributed by atoms with van der Waals surface area (Å²) < 4.78 is 7.17. The molecule has 3 N–H and O–H groups in total. The number of methoxy groups -OCH3 is 1. The van der Waals surface area contributed by atoms with Crippen LogP contribution in [-0.4, -0.2) is 45.7 Å². The van der Waals surface area contributed by atoms with Crippen LogP contribution < -0.4 is 15.6 Å². The first-order valence-electron chi connectivity index (χ1n) is 9.85. The van der Waals surface area contributed by atoms with Gasteiger partial charge in [-0.25, -0.2) is 4.98 Å². The second-order valence-electron chi connectivity index (χ2n) is 6.93. The van der Waals surface area contributed by atoms with Gasteiger partial charge >= 0.3 is 0 Å². The van der Waals surface area contributed by atoms with E-state index in [1.807, 2.05) is 28.8 Å². The van der Waals surface area contributed by atoms with Gasteiger partial charge in [-0.1, -0.05) is 0 Å². The van der Waals surface area contributed by atoms with E-state index in [2.05, 4.69) is 15.3 Å². The highest BCUT2D eigenvalue weighted by molar-refractivity contribution is 5.84. The smallest absolute Gasteiger partial charge is 0.290 e. The van der Waals surface area contributed by atoms with Gasteiger partial charge < -0.3 is 24.7 Å². The molecule has 1 amide bonds. The number of pyridine rings is 1. The van der Waals surface area contributed by atoms with Gasteiger partial charge in [0.1, 0.15) is 11.8 Å². The maximum absolute atomic E-state index is 12.6. The summed E-state index contributed by atoms with van der Waals surface area (Å²) >= 11 is 0. The molecule has 0 spiro atoms. The molecule has 0 bridgehead atoms. The number of aromatic amines is 1. The van der Waals surface area contributed by atoms with Crippen molar-refractivity contribution in [3.05, 3.63) is 59.3 Å². The average molecular weight is 424 g/mol. The zero-order valence-electron chi connectivity index (χ0n) is 17.1. The number of ether oxygens (including phenoxy) is 1. The number of carbonyl (C=O) groups is 2. The molecule has 162 valence electrons. The number of rotatable bonds is 4. The number of hydrogen-bond acceptors (Lipinski definition) is 5. The second kappa shape index (κ2) is 10.2. The minimum atomic E-state index is -0.330. The van der Waals surface area contributed by atoms with E-state index in [-0.39, 0.29) is 24.0 Å². The SMILES string of the molecule is COc1ccc(-c2ncn([C@@H]3CCCCNC3=O)c2-c2ccc(=O)[nH]c2)cc1.O=CO. The minimum absolute atomic E-state index is 0.00172. The number of nitrogens with zero attached hydrogens (tertiary/aromatic N) is 2. The lowest BCUT2D eigenvalue weighted by Gasteiger charge is -2.19. The number of imidazole rings is 1. The highest BCUT2D eigenvalue weighted by Crippen LogP contribution is 2.35. The fraction of sp³-hybridized carbons (Fsp3) is 0.273. The van der Waals surface area contributed by atoms with Crippen molar-refractivity contribution in [3.8, 4) is 28.3 Å². The standard InChI is InChI=1S/C21H22N4O3.CH2O2/c1-28-16-8-5-14(6-9-16)19-20(15-7-10-18(26)23-12-15)25(13-24-19)17-4-2-3-11-22-21(17)27;2-1-3/h5-10,12-13,17H,2-4,11H2,1H3,(H,22,27)(H,23,26);1H,(H,2,3)/t17-;/m1./s1. The van der Waals surface area contributed by atoms with Crippen molar-refractivity contribution in [3.63, 3.8) is 0 Å². The van der Waals surface area contributed by atoms with Gasteiger partial charge in [0.25, 0.3) is 6.47 Å². The molecule has 1 atom stereocenters. The Morgan fingerprint density at radius 1 is 1.13 bits per heavy atom. The molecule has 0 radical (unpaired) electrons. The Kier molecular flexibility index (Phi) is 7.21. The monoisotopic (exact) mass is 424 g/mol. The van der Waals surface area contributed by atoms with Crippen LogP contribution in [0, 0.1) is 0 Å². The van der Waals surface area contributed by atoms with E-state index in [4.69, 9.17) is 14.6 Å². The van der Waals surface area contributed by atoms with E-state index in [0.717, 1.165) is 47.5 Å². The largest absolute Gasteiger partial charge is 0.497 e. The first-order valence-corrected chi connectivity index (χ1v) is 9.85. The quantitative estimate of drug-likeness (QED) is 0.552. The Labute approximate surface area is 178 Å². The molecule has 4 rings (SSSR count). The van der Waals surface area contributed by atoms with Crippen LogP contribution in [0.2, 0.25) is 0 Å². The number of amides is 1. The molecule has 0 unspecified atom stereocenters. The van der Waals surface area contributed by atoms with Crippen LogP contribution in [0.25, 0.3) is 22.5 Å². The average Bonchev–Trinajstić information content (AvgIpc) is 3.10. The predicted molar refractivity (Wildman–Crippen MR) is 115 cm³/mol. The normalized spacial score (nSPS) is 15.8. The molecular formula is C22H24N4O5. The Balaban J connectivity index is 0.000000858. The van der Waals surface area contributed by atoms with Crippen molar-refractivity contribution in [1.82, 2.24) is 19.9 Å². The van der Waals surface area contributed by atoms with Gasteiger partial charge in [0, 0.05) is 29.9 Å². The molecule has 1 fully saturated rings. The molecule has 1 saturated heterocycles. The molecule has 0 aliphatic carbocycles. The number of benzene rings is 1. The van der Waals surface area contributed by atoms with E-state index < -0.39 is 0 Å². The number of aromatic nitrogens is 3. The molecule has 1 aliphatic rings. The number of carboxylic acid groups (broad SMARTS) is 1. The van der Waals surface area contributed by atoms with Gasteiger partial charge in [-0.3, -0.25) is 14.4 Å². The number of H-pyrrole nitrogens is 1. The van der Waals surface area contributed by atoms with Gasteiger partial charge in [-0.2, -0.15) is 0 Å². The van der Waals surface area contributed by atoms with Crippen molar-refractivity contribution in [2.24, 2.45) is 0 Å². The molecule has 0 saturated carbocycles. The van der Waals surface area contributed by atoms with Gasteiger partial charge in [-0.05, 0) is 49.6 Å². The van der Waals surface area contributed by atoms with E-state index in [9.17, 15) is 9.59 Å². The first-order chi connectivity index (χ1) is 15.1. The maximum Gasteiger partial charge on any atom is 0.290 e. The van der Waals surface area contributed by atoms with Crippen LogP contribution in [0.3, 0.4) is 0 Å². The molecule has 3 heterocycles. The van der Waals surface area contributed by atoms with Crippen molar-refractivity contribution in [2.45, 2.75) is 25.3 Å².